The van der Waals surface area contributed by atoms with Crippen molar-refractivity contribution in [3.8, 4) is 0 Å². The number of rotatable bonds is 9. The lowest BCUT2D eigenvalue weighted by atomic mass is 10.1. The monoisotopic (exact) mass is 260 g/mol. The van der Waals surface area contributed by atoms with Gasteiger partial charge in [-0.2, -0.15) is 0 Å². The maximum Gasteiger partial charge on any atom is 0.0427 e. The average Bonchev–Trinajstić information content (AvgIpc) is 2.84. The second-order valence-corrected chi connectivity index (χ2v) is 5.67. The Balaban J connectivity index is 1.49. The Hall–Kier alpha value is -1.02. The van der Waals surface area contributed by atoms with Gasteiger partial charge in [-0.05, 0) is 31.0 Å². The zero-order valence-electron chi connectivity index (χ0n) is 12.3. The number of unbranched alkanes of at least 4 members (excludes halogenated alkanes) is 5. The predicted molar refractivity (Wildman–Crippen MR) is 83.8 cm³/mol. The van der Waals surface area contributed by atoms with E-state index in [0.717, 1.165) is 6.54 Å². The van der Waals surface area contributed by atoms with Gasteiger partial charge in [0.1, 0.15) is 0 Å². The third kappa shape index (κ3) is 4.87. The Bertz CT molecular complexity index is 337. The summed E-state index contributed by atoms with van der Waals surface area (Å²) in [5, 5.41) is 7.18. The van der Waals surface area contributed by atoms with Crippen molar-refractivity contribution < 1.29 is 0 Å². The Morgan fingerprint density at radius 3 is 2.74 bits per heavy atom. The fourth-order valence-electron chi connectivity index (χ4n) is 2.81. The molecule has 0 bridgehead atoms. The largest absolute Gasteiger partial charge is 0.380 e. The molecule has 19 heavy (non-hydrogen) atoms. The first-order valence-electron chi connectivity index (χ1n) is 7.95. The minimum atomic E-state index is 0.581. The fraction of sp³-hybridized carbons (Fsp3) is 0.647. The molecule has 2 N–H and O–H groups in total. The van der Waals surface area contributed by atoms with E-state index in [9.17, 15) is 0 Å². The molecule has 0 saturated heterocycles. The van der Waals surface area contributed by atoms with Gasteiger partial charge in [0.15, 0.2) is 0 Å². The second kappa shape index (κ2) is 8.21. The maximum absolute atomic E-state index is 3.59. The predicted octanol–water partition coefficient (Wildman–Crippen LogP) is 3.97. The van der Waals surface area contributed by atoms with Gasteiger partial charge in [-0.3, -0.25) is 0 Å². The van der Waals surface area contributed by atoms with E-state index >= 15 is 0 Å². The first-order valence-corrected chi connectivity index (χ1v) is 7.95. The molecular weight excluding hydrogens is 232 g/mol. The molecule has 1 aromatic carbocycles. The third-order valence-corrected chi connectivity index (χ3v) is 3.94. The van der Waals surface area contributed by atoms with E-state index in [-0.39, 0.29) is 0 Å². The van der Waals surface area contributed by atoms with Crippen LogP contribution in [-0.4, -0.2) is 19.1 Å². The molecule has 0 aliphatic carbocycles. The maximum atomic E-state index is 3.59. The smallest absolute Gasteiger partial charge is 0.0427 e. The molecule has 1 heterocycles. The van der Waals surface area contributed by atoms with Crippen LogP contribution in [0.5, 0.6) is 0 Å². The molecule has 1 aliphatic heterocycles. The summed E-state index contributed by atoms with van der Waals surface area (Å²) in [6.07, 6.45) is 9.43. The van der Waals surface area contributed by atoms with Gasteiger partial charge in [0.25, 0.3) is 0 Å². The molecule has 0 radical (unpaired) electrons. The highest BCUT2D eigenvalue weighted by atomic mass is 15.0. The lowest BCUT2D eigenvalue weighted by molar-refractivity contribution is 0.554. The minimum absolute atomic E-state index is 0.581. The van der Waals surface area contributed by atoms with Gasteiger partial charge in [0, 0.05) is 18.3 Å². The van der Waals surface area contributed by atoms with Gasteiger partial charge in [-0.1, -0.05) is 57.2 Å². The van der Waals surface area contributed by atoms with Crippen LogP contribution in [0.3, 0.4) is 0 Å². The first kappa shape index (κ1) is 14.4. The van der Waals surface area contributed by atoms with Crippen molar-refractivity contribution in [1.29, 1.82) is 0 Å². The summed E-state index contributed by atoms with van der Waals surface area (Å²) in [5.74, 6) is 0. The molecule has 0 fully saturated rings. The second-order valence-electron chi connectivity index (χ2n) is 5.67. The molecule has 0 amide bonds. The number of fused-ring (bicyclic) bond motifs is 1. The topological polar surface area (TPSA) is 24.1 Å². The van der Waals surface area contributed by atoms with Crippen molar-refractivity contribution in [2.75, 3.05) is 18.4 Å². The Labute approximate surface area is 118 Å². The van der Waals surface area contributed by atoms with Crippen molar-refractivity contribution in [3.05, 3.63) is 29.8 Å². The van der Waals surface area contributed by atoms with Crippen LogP contribution in [0.25, 0.3) is 0 Å². The average molecular weight is 260 g/mol. The zero-order valence-corrected chi connectivity index (χ0v) is 12.3. The van der Waals surface area contributed by atoms with E-state index < -0.39 is 0 Å². The number of para-hydroxylation sites is 1. The van der Waals surface area contributed by atoms with Crippen molar-refractivity contribution in [1.82, 2.24) is 5.32 Å². The van der Waals surface area contributed by atoms with Gasteiger partial charge in [0.2, 0.25) is 0 Å². The minimum Gasteiger partial charge on any atom is -0.380 e. The van der Waals surface area contributed by atoms with Crippen molar-refractivity contribution in [3.63, 3.8) is 0 Å². The van der Waals surface area contributed by atoms with E-state index in [2.05, 4.69) is 41.8 Å². The molecule has 2 heteroatoms. The molecule has 106 valence electrons. The third-order valence-electron chi connectivity index (χ3n) is 3.94. The summed E-state index contributed by atoms with van der Waals surface area (Å²) >= 11 is 0. The lowest BCUT2D eigenvalue weighted by Crippen LogP contribution is -2.31. The number of nitrogens with one attached hydrogen (secondary N) is 2. The Kier molecular flexibility index (Phi) is 6.22. The van der Waals surface area contributed by atoms with Crippen LogP contribution in [0.2, 0.25) is 0 Å². The lowest BCUT2D eigenvalue weighted by Gasteiger charge is -2.12. The highest BCUT2D eigenvalue weighted by molar-refractivity contribution is 5.56. The van der Waals surface area contributed by atoms with Crippen LogP contribution in [-0.2, 0) is 6.42 Å². The molecule has 0 spiro atoms. The van der Waals surface area contributed by atoms with Gasteiger partial charge in [0.05, 0.1) is 0 Å². The molecule has 1 aliphatic rings. The van der Waals surface area contributed by atoms with Crippen LogP contribution in [0, 0.1) is 0 Å². The zero-order chi connectivity index (χ0) is 13.3. The van der Waals surface area contributed by atoms with E-state index in [1.807, 2.05) is 0 Å². The Morgan fingerprint density at radius 2 is 1.89 bits per heavy atom. The molecule has 0 aromatic heterocycles. The summed E-state index contributed by atoms with van der Waals surface area (Å²) in [6.45, 7) is 4.53. The summed E-state index contributed by atoms with van der Waals surface area (Å²) in [5.41, 5.74) is 2.79. The highest BCUT2D eigenvalue weighted by Crippen LogP contribution is 2.24. The van der Waals surface area contributed by atoms with E-state index in [1.165, 1.54) is 62.7 Å². The van der Waals surface area contributed by atoms with Crippen LogP contribution in [0.1, 0.15) is 51.0 Å². The van der Waals surface area contributed by atoms with E-state index in [4.69, 9.17) is 0 Å². The van der Waals surface area contributed by atoms with Gasteiger partial charge in [-0.25, -0.2) is 0 Å². The van der Waals surface area contributed by atoms with Crippen LogP contribution in [0.4, 0.5) is 5.69 Å². The molecule has 2 rings (SSSR count). The van der Waals surface area contributed by atoms with E-state index in [1.54, 1.807) is 0 Å². The van der Waals surface area contributed by atoms with Gasteiger partial charge >= 0.3 is 0 Å². The molecule has 1 aromatic rings. The number of benzene rings is 1. The van der Waals surface area contributed by atoms with Crippen LogP contribution in [0.15, 0.2) is 24.3 Å². The van der Waals surface area contributed by atoms with Gasteiger partial charge < -0.3 is 10.6 Å². The number of anilines is 1. The SMILES string of the molecule is CCCCCCCCNCC1Cc2ccccc2N1. The van der Waals surface area contributed by atoms with Crippen molar-refractivity contribution in [2.24, 2.45) is 0 Å². The molecule has 1 unspecified atom stereocenters. The molecular formula is C17H28N2. The van der Waals surface area contributed by atoms with E-state index in [0.29, 0.717) is 6.04 Å². The standard InChI is InChI=1S/C17H28N2/c1-2-3-4-5-6-9-12-18-14-16-13-15-10-7-8-11-17(15)19-16/h7-8,10-11,16,18-19H,2-6,9,12-14H2,1H3. The van der Waals surface area contributed by atoms with Crippen molar-refractivity contribution in [2.45, 2.75) is 57.9 Å². The highest BCUT2D eigenvalue weighted by Gasteiger charge is 2.18. The van der Waals surface area contributed by atoms with Crippen molar-refractivity contribution >= 4 is 5.69 Å². The number of hydrogen-bond acceptors (Lipinski definition) is 2. The fourth-order valence-corrected chi connectivity index (χ4v) is 2.81. The summed E-state index contributed by atoms with van der Waals surface area (Å²) in [6, 6.07) is 9.24. The Morgan fingerprint density at radius 1 is 1.11 bits per heavy atom. The summed E-state index contributed by atoms with van der Waals surface area (Å²) in [7, 11) is 0. The first-order chi connectivity index (χ1) is 9.40. The number of hydrogen-bond donors (Lipinski definition) is 2. The van der Waals surface area contributed by atoms with Crippen LogP contribution < -0.4 is 10.6 Å². The molecule has 1 atom stereocenters. The molecule has 0 saturated carbocycles. The normalized spacial score (nSPS) is 17.2. The summed E-state index contributed by atoms with van der Waals surface area (Å²) in [4.78, 5) is 0. The quantitative estimate of drug-likeness (QED) is 0.656. The van der Waals surface area contributed by atoms with Gasteiger partial charge in [-0.15, -0.1) is 0 Å². The molecule has 2 nitrogen and oxygen atoms in total. The van der Waals surface area contributed by atoms with Crippen LogP contribution >= 0.6 is 0 Å². The summed E-state index contributed by atoms with van der Waals surface area (Å²) < 4.78 is 0.